The lowest BCUT2D eigenvalue weighted by Crippen LogP contribution is -2.03. The van der Waals surface area contributed by atoms with E-state index >= 15 is 0 Å². The largest absolute Gasteiger partial charge is 0.493 e. The molecule has 2 rings (SSSR count). The van der Waals surface area contributed by atoms with Crippen LogP contribution < -0.4 is 4.74 Å². The minimum absolute atomic E-state index is 0.162. The molecule has 0 fully saturated rings. The van der Waals surface area contributed by atoms with Crippen LogP contribution in [-0.4, -0.2) is 19.6 Å². The molecule has 0 saturated heterocycles. The first-order valence-electron chi connectivity index (χ1n) is 5.80. The van der Waals surface area contributed by atoms with Crippen molar-refractivity contribution < 1.29 is 17.7 Å². The van der Waals surface area contributed by atoms with Gasteiger partial charge in [-0.1, -0.05) is 36.4 Å². The van der Waals surface area contributed by atoms with E-state index in [-0.39, 0.29) is 4.90 Å². The quantitative estimate of drug-likeness (QED) is 0.854. The second-order valence-corrected chi connectivity index (χ2v) is 5.46. The van der Waals surface area contributed by atoms with Gasteiger partial charge < -0.3 is 4.74 Å². The summed E-state index contributed by atoms with van der Waals surface area (Å²) >= 11 is 0. The molecule has 19 heavy (non-hydrogen) atoms. The average Bonchev–Trinajstić information content (AvgIpc) is 2.39. The van der Waals surface area contributed by atoms with E-state index in [1.807, 2.05) is 30.3 Å². The summed E-state index contributed by atoms with van der Waals surface area (Å²) in [7, 11) is -4.18. The Hall–Kier alpha value is -1.85. The highest BCUT2D eigenvalue weighted by atomic mass is 32.2. The highest BCUT2D eigenvalue weighted by Crippen LogP contribution is 2.17. The van der Waals surface area contributed by atoms with Crippen molar-refractivity contribution in [1.29, 1.82) is 0 Å². The molecule has 2 aromatic rings. The van der Waals surface area contributed by atoms with Gasteiger partial charge in [-0.05, 0) is 17.7 Å². The van der Waals surface area contributed by atoms with Gasteiger partial charge in [0, 0.05) is 12.5 Å². The van der Waals surface area contributed by atoms with E-state index in [1.54, 1.807) is 6.07 Å². The Morgan fingerprint density at radius 2 is 1.74 bits per heavy atom. The van der Waals surface area contributed by atoms with E-state index in [4.69, 9.17) is 9.29 Å². The van der Waals surface area contributed by atoms with Crippen molar-refractivity contribution in [2.45, 2.75) is 11.3 Å². The fraction of sp³-hybridized carbons (Fsp3) is 0.143. The van der Waals surface area contributed by atoms with Crippen molar-refractivity contribution in [3.05, 3.63) is 60.2 Å². The van der Waals surface area contributed by atoms with Crippen molar-refractivity contribution in [2.24, 2.45) is 0 Å². The van der Waals surface area contributed by atoms with E-state index in [0.717, 1.165) is 12.0 Å². The van der Waals surface area contributed by atoms with Crippen LogP contribution in [0.2, 0.25) is 0 Å². The summed E-state index contributed by atoms with van der Waals surface area (Å²) in [5.74, 6) is 0.422. The van der Waals surface area contributed by atoms with Gasteiger partial charge in [0.1, 0.15) is 5.75 Å². The number of rotatable bonds is 5. The first-order valence-corrected chi connectivity index (χ1v) is 7.24. The summed E-state index contributed by atoms with van der Waals surface area (Å²) in [5.41, 5.74) is 1.15. The second kappa shape index (κ2) is 5.86. The standard InChI is InChI=1S/C14H14O4S/c15-19(16,17)14-8-4-7-13(11-14)18-10-9-12-5-2-1-3-6-12/h1-8,11H,9-10H2,(H,15,16,17). The van der Waals surface area contributed by atoms with Gasteiger partial charge in [-0.15, -0.1) is 0 Å². The molecule has 0 unspecified atom stereocenters. The number of ether oxygens (including phenoxy) is 1. The molecular weight excluding hydrogens is 264 g/mol. The van der Waals surface area contributed by atoms with Crippen LogP contribution >= 0.6 is 0 Å². The van der Waals surface area contributed by atoms with Crippen LogP contribution in [0.15, 0.2) is 59.5 Å². The van der Waals surface area contributed by atoms with Gasteiger partial charge in [0.05, 0.1) is 11.5 Å². The summed E-state index contributed by atoms with van der Waals surface area (Å²) in [4.78, 5) is -0.162. The molecule has 0 aliphatic heterocycles. The van der Waals surface area contributed by atoms with Gasteiger partial charge in [-0.2, -0.15) is 8.42 Å². The Balaban J connectivity index is 1.97. The van der Waals surface area contributed by atoms with Gasteiger partial charge in [0.15, 0.2) is 0 Å². The maximum Gasteiger partial charge on any atom is 0.294 e. The van der Waals surface area contributed by atoms with Crippen molar-refractivity contribution >= 4 is 10.1 Å². The first-order chi connectivity index (χ1) is 9.05. The molecule has 2 aromatic carbocycles. The lowest BCUT2D eigenvalue weighted by Gasteiger charge is -2.07. The minimum atomic E-state index is -4.18. The van der Waals surface area contributed by atoms with E-state index in [1.165, 1.54) is 18.2 Å². The third-order valence-corrected chi connectivity index (χ3v) is 3.46. The molecule has 0 radical (unpaired) electrons. The Kier molecular flexibility index (Phi) is 4.19. The lowest BCUT2D eigenvalue weighted by atomic mass is 10.2. The highest BCUT2D eigenvalue weighted by Gasteiger charge is 2.09. The fourth-order valence-electron chi connectivity index (χ4n) is 1.66. The average molecular weight is 278 g/mol. The molecule has 0 bridgehead atoms. The summed E-state index contributed by atoms with van der Waals surface area (Å²) in [6.45, 7) is 0.443. The molecule has 1 N–H and O–H groups in total. The smallest absolute Gasteiger partial charge is 0.294 e. The maximum absolute atomic E-state index is 11.0. The monoisotopic (exact) mass is 278 g/mol. The molecule has 0 aliphatic carbocycles. The third kappa shape index (κ3) is 4.08. The van der Waals surface area contributed by atoms with Crippen LogP contribution in [0.5, 0.6) is 5.75 Å². The van der Waals surface area contributed by atoms with Crippen LogP contribution in [-0.2, 0) is 16.5 Å². The van der Waals surface area contributed by atoms with E-state index in [9.17, 15) is 8.42 Å². The summed E-state index contributed by atoms with van der Waals surface area (Å²) < 4.78 is 36.4. The van der Waals surface area contributed by atoms with E-state index < -0.39 is 10.1 Å². The molecule has 5 heteroatoms. The molecule has 0 amide bonds. The van der Waals surface area contributed by atoms with Crippen LogP contribution in [0.3, 0.4) is 0 Å². The molecule has 0 atom stereocenters. The predicted molar refractivity (Wildman–Crippen MR) is 71.9 cm³/mol. The van der Waals surface area contributed by atoms with E-state index in [2.05, 4.69) is 0 Å². The van der Waals surface area contributed by atoms with Crippen LogP contribution in [0.4, 0.5) is 0 Å². The van der Waals surface area contributed by atoms with Gasteiger partial charge in [-0.3, -0.25) is 4.55 Å². The van der Waals surface area contributed by atoms with Crippen molar-refractivity contribution in [3.63, 3.8) is 0 Å². The SMILES string of the molecule is O=S(=O)(O)c1cccc(OCCc2ccccc2)c1. The zero-order valence-electron chi connectivity index (χ0n) is 10.2. The zero-order chi connectivity index (χ0) is 13.7. The minimum Gasteiger partial charge on any atom is -0.493 e. The summed E-state index contributed by atoms with van der Waals surface area (Å²) in [6.07, 6.45) is 0.733. The van der Waals surface area contributed by atoms with Gasteiger partial charge in [-0.25, -0.2) is 0 Å². The van der Waals surface area contributed by atoms with Crippen LogP contribution in [0.1, 0.15) is 5.56 Å². The van der Waals surface area contributed by atoms with Gasteiger partial charge in [0.2, 0.25) is 0 Å². The predicted octanol–water partition coefficient (Wildman–Crippen LogP) is 2.55. The molecule has 4 nitrogen and oxygen atoms in total. The zero-order valence-corrected chi connectivity index (χ0v) is 11.0. The molecule has 0 heterocycles. The first kappa shape index (κ1) is 13.6. The van der Waals surface area contributed by atoms with Gasteiger partial charge in [0.25, 0.3) is 10.1 Å². The Morgan fingerprint density at radius 1 is 1.00 bits per heavy atom. The lowest BCUT2D eigenvalue weighted by molar-refractivity contribution is 0.321. The Morgan fingerprint density at radius 3 is 2.42 bits per heavy atom. The number of hydrogen-bond acceptors (Lipinski definition) is 3. The van der Waals surface area contributed by atoms with Crippen molar-refractivity contribution in [3.8, 4) is 5.75 Å². The number of hydrogen-bond donors (Lipinski definition) is 1. The second-order valence-electron chi connectivity index (χ2n) is 4.03. The normalized spacial score (nSPS) is 11.2. The van der Waals surface area contributed by atoms with Crippen LogP contribution in [0, 0.1) is 0 Å². The number of benzene rings is 2. The van der Waals surface area contributed by atoms with Crippen molar-refractivity contribution in [1.82, 2.24) is 0 Å². The molecule has 0 saturated carbocycles. The maximum atomic E-state index is 11.0. The molecule has 0 aliphatic rings. The third-order valence-electron chi connectivity index (χ3n) is 2.61. The summed E-state index contributed by atoms with van der Waals surface area (Å²) in [6, 6.07) is 15.7. The van der Waals surface area contributed by atoms with Crippen molar-refractivity contribution in [2.75, 3.05) is 6.61 Å². The van der Waals surface area contributed by atoms with E-state index in [0.29, 0.717) is 12.4 Å². The molecule has 100 valence electrons. The van der Waals surface area contributed by atoms with Crippen LogP contribution in [0.25, 0.3) is 0 Å². The fourth-order valence-corrected chi connectivity index (χ4v) is 2.17. The topological polar surface area (TPSA) is 63.6 Å². The Bertz CT molecular complexity index is 636. The molecule has 0 spiro atoms. The molecular formula is C14H14O4S. The summed E-state index contributed by atoms with van der Waals surface area (Å²) in [5, 5.41) is 0. The van der Waals surface area contributed by atoms with Gasteiger partial charge >= 0.3 is 0 Å². The highest BCUT2D eigenvalue weighted by molar-refractivity contribution is 7.85. The molecule has 0 aromatic heterocycles. The Labute approximate surface area is 112 Å².